The molecular weight excluding hydrogens is 273 g/mol. The monoisotopic (exact) mass is 288 g/mol. The van der Waals surface area contributed by atoms with Gasteiger partial charge in [0.1, 0.15) is 5.54 Å². The summed E-state index contributed by atoms with van der Waals surface area (Å²) in [5.74, 6) is 0. The third kappa shape index (κ3) is 2.63. The highest BCUT2D eigenvalue weighted by atomic mass is 19.4. The number of benzene rings is 1. The molecule has 1 unspecified atom stereocenters. The Kier molecular flexibility index (Phi) is 3.49. The van der Waals surface area contributed by atoms with Gasteiger partial charge in [-0.2, -0.15) is 13.2 Å². The molecule has 0 aromatic heterocycles. The zero-order valence-electron chi connectivity index (χ0n) is 11.1. The SMILES string of the molecule is Cc1ccc(C(C)NC2(C(F)(F)F)CC2)cc1[N+](=O)[O-]. The van der Waals surface area contributed by atoms with E-state index in [1.807, 2.05) is 0 Å². The summed E-state index contributed by atoms with van der Waals surface area (Å²) >= 11 is 0. The number of hydrogen-bond donors (Lipinski definition) is 1. The molecule has 0 radical (unpaired) electrons. The summed E-state index contributed by atoms with van der Waals surface area (Å²) in [7, 11) is 0. The number of nitro benzene ring substituents is 1. The smallest absolute Gasteiger partial charge is 0.297 e. The number of halogens is 3. The molecule has 1 N–H and O–H groups in total. The normalized spacial score (nSPS) is 18.6. The Hall–Kier alpha value is -1.63. The van der Waals surface area contributed by atoms with E-state index in [9.17, 15) is 23.3 Å². The van der Waals surface area contributed by atoms with Crippen molar-refractivity contribution in [3.63, 3.8) is 0 Å². The second-order valence-corrected chi connectivity index (χ2v) is 5.25. The molecule has 1 saturated carbocycles. The number of aryl methyl sites for hydroxylation is 1. The van der Waals surface area contributed by atoms with Crippen LogP contribution in [0, 0.1) is 17.0 Å². The van der Waals surface area contributed by atoms with E-state index in [4.69, 9.17) is 0 Å². The van der Waals surface area contributed by atoms with E-state index >= 15 is 0 Å². The quantitative estimate of drug-likeness (QED) is 0.679. The van der Waals surface area contributed by atoms with Crippen LogP contribution in [-0.4, -0.2) is 16.6 Å². The molecule has 1 aromatic rings. The Morgan fingerprint density at radius 2 is 2.00 bits per heavy atom. The molecule has 1 fully saturated rings. The fourth-order valence-corrected chi connectivity index (χ4v) is 2.22. The maximum atomic E-state index is 12.9. The maximum Gasteiger partial charge on any atom is 0.406 e. The van der Waals surface area contributed by atoms with Gasteiger partial charge in [-0.25, -0.2) is 0 Å². The van der Waals surface area contributed by atoms with Crippen LogP contribution in [-0.2, 0) is 0 Å². The zero-order chi connectivity index (χ0) is 15.1. The molecule has 20 heavy (non-hydrogen) atoms. The van der Waals surface area contributed by atoms with Gasteiger partial charge in [-0.3, -0.25) is 15.4 Å². The first-order valence-electron chi connectivity index (χ1n) is 6.26. The summed E-state index contributed by atoms with van der Waals surface area (Å²) in [4.78, 5) is 10.3. The topological polar surface area (TPSA) is 55.2 Å². The molecule has 1 aliphatic rings. The Morgan fingerprint density at radius 3 is 2.45 bits per heavy atom. The highest BCUT2D eigenvalue weighted by Gasteiger charge is 2.63. The second kappa shape index (κ2) is 4.73. The van der Waals surface area contributed by atoms with E-state index in [1.165, 1.54) is 6.07 Å². The Balaban J connectivity index is 2.20. The van der Waals surface area contributed by atoms with Crippen molar-refractivity contribution in [2.45, 2.75) is 44.4 Å². The van der Waals surface area contributed by atoms with Crippen LogP contribution in [0.1, 0.15) is 36.9 Å². The van der Waals surface area contributed by atoms with Crippen LogP contribution in [0.25, 0.3) is 0 Å². The lowest BCUT2D eigenvalue weighted by atomic mass is 10.0. The zero-order valence-corrected chi connectivity index (χ0v) is 11.1. The molecule has 2 rings (SSSR count). The van der Waals surface area contributed by atoms with Gasteiger partial charge in [-0.15, -0.1) is 0 Å². The van der Waals surface area contributed by atoms with Gasteiger partial charge < -0.3 is 0 Å². The fourth-order valence-electron chi connectivity index (χ4n) is 2.22. The molecule has 0 spiro atoms. The molecule has 0 saturated heterocycles. The van der Waals surface area contributed by atoms with Gasteiger partial charge in [0.15, 0.2) is 0 Å². The van der Waals surface area contributed by atoms with Crippen molar-refractivity contribution in [3.05, 3.63) is 39.4 Å². The Bertz CT molecular complexity index is 539. The van der Waals surface area contributed by atoms with Crippen LogP contribution in [0.2, 0.25) is 0 Å². The minimum atomic E-state index is -4.29. The van der Waals surface area contributed by atoms with Crippen molar-refractivity contribution in [1.29, 1.82) is 0 Å². The summed E-state index contributed by atoms with van der Waals surface area (Å²) in [6, 6.07) is 3.91. The Morgan fingerprint density at radius 1 is 1.40 bits per heavy atom. The molecule has 1 atom stereocenters. The predicted molar refractivity (Wildman–Crippen MR) is 67.4 cm³/mol. The van der Waals surface area contributed by atoms with Gasteiger partial charge in [0, 0.05) is 17.7 Å². The van der Waals surface area contributed by atoms with Crippen molar-refractivity contribution < 1.29 is 18.1 Å². The lowest BCUT2D eigenvalue weighted by Gasteiger charge is -2.25. The van der Waals surface area contributed by atoms with Crippen molar-refractivity contribution in [2.24, 2.45) is 0 Å². The highest BCUT2D eigenvalue weighted by molar-refractivity contribution is 5.43. The molecule has 0 aliphatic heterocycles. The largest absolute Gasteiger partial charge is 0.406 e. The molecule has 0 bridgehead atoms. The summed E-state index contributed by atoms with van der Waals surface area (Å²) in [6.45, 7) is 3.18. The first-order chi connectivity index (χ1) is 9.16. The molecule has 1 aromatic carbocycles. The summed E-state index contributed by atoms with van der Waals surface area (Å²) in [5.41, 5.74) is -0.930. The van der Waals surface area contributed by atoms with E-state index in [-0.39, 0.29) is 18.5 Å². The number of nitro groups is 1. The number of nitrogens with one attached hydrogen (secondary N) is 1. The average molecular weight is 288 g/mol. The van der Waals surface area contributed by atoms with Crippen LogP contribution in [0.5, 0.6) is 0 Å². The molecule has 110 valence electrons. The standard InChI is InChI=1S/C13H15F3N2O2/c1-8-3-4-10(7-11(8)18(19)20)9(2)17-12(5-6-12)13(14,15)16/h3-4,7,9,17H,5-6H2,1-2H3. The summed E-state index contributed by atoms with van der Waals surface area (Å²) in [6.07, 6.45) is -4.19. The van der Waals surface area contributed by atoms with Crippen LogP contribution in [0.15, 0.2) is 18.2 Å². The second-order valence-electron chi connectivity index (χ2n) is 5.25. The molecule has 4 nitrogen and oxygen atoms in total. The van der Waals surface area contributed by atoms with E-state index in [2.05, 4.69) is 5.32 Å². The van der Waals surface area contributed by atoms with Crippen LogP contribution in [0.4, 0.5) is 18.9 Å². The Labute approximate surface area is 114 Å². The first kappa shape index (κ1) is 14.8. The number of nitrogens with zero attached hydrogens (tertiary/aromatic N) is 1. The van der Waals surface area contributed by atoms with E-state index in [0.29, 0.717) is 11.1 Å². The third-order valence-corrected chi connectivity index (χ3v) is 3.72. The fraction of sp³-hybridized carbons (Fsp3) is 0.538. The van der Waals surface area contributed by atoms with Crippen molar-refractivity contribution in [3.8, 4) is 0 Å². The van der Waals surface area contributed by atoms with E-state index in [1.54, 1.807) is 26.0 Å². The number of alkyl halides is 3. The van der Waals surface area contributed by atoms with Crippen molar-refractivity contribution in [2.75, 3.05) is 0 Å². The lowest BCUT2D eigenvalue weighted by molar-refractivity contribution is -0.385. The minimum absolute atomic E-state index is 0.0504. The number of hydrogen-bond acceptors (Lipinski definition) is 3. The maximum absolute atomic E-state index is 12.9. The highest BCUT2D eigenvalue weighted by Crippen LogP contribution is 2.50. The van der Waals surface area contributed by atoms with Gasteiger partial charge in [0.2, 0.25) is 0 Å². The third-order valence-electron chi connectivity index (χ3n) is 3.72. The lowest BCUT2D eigenvalue weighted by Crippen LogP contribution is -2.45. The van der Waals surface area contributed by atoms with Gasteiger partial charge >= 0.3 is 6.18 Å². The van der Waals surface area contributed by atoms with Gasteiger partial charge in [0.25, 0.3) is 5.69 Å². The van der Waals surface area contributed by atoms with Gasteiger partial charge in [-0.1, -0.05) is 12.1 Å². The van der Waals surface area contributed by atoms with Crippen LogP contribution >= 0.6 is 0 Å². The molecule has 0 heterocycles. The summed E-state index contributed by atoms with van der Waals surface area (Å²) in [5, 5.41) is 13.4. The predicted octanol–water partition coefficient (Wildman–Crippen LogP) is 3.65. The summed E-state index contributed by atoms with van der Waals surface area (Å²) < 4.78 is 38.6. The van der Waals surface area contributed by atoms with E-state index < -0.39 is 22.7 Å². The first-order valence-corrected chi connectivity index (χ1v) is 6.26. The van der Waals surface area contributed by atoms with Crippen molar-refractivity contribution in [1.82, 2.24) is 5.32 Å². The van der Waals surface area contributed by atoms with Gasteiger partial charge in [-0.05, 0) is 32.3 Å². The average Bonchev–Trinajstić information content (AvgIpc) is 3.09. The molecular formula is C13H15F3N2O2. The van der Waals surface area contributed by atoms with E-state index in [0.717, 1.165) is 0 Å². The molecule has 0 amide bonds. The van der Waals surface area contributed by atoms with Gasteiger partial charge in [0.05, 0.1) is 4.92 Å². The number of rotatable bonds is 4. The van der Waals surface area contributed by atoms with Crippen molar-refractivity contribution >= 4 is 5.69 Å². The van der Waals surface area contributed by atoms with Crippen LogP contribution in [0.3, 0.4) is 0 Å². The molecule has 7 heteroatoms. The van der Waals surface area contributed by atoms with Crippen LogP contribution < -0.4 is 5.32 Å². The molecule has 1 aliphatic carbocycles. The minimum Gasteiger partial charge on any atom is -0.297 e.